The van der Waals surface area contributed by atoms with E-state index in [0.717, 1.165) is 29.9 Å². The molecule has 1 aromatic heterocycles. The number of benzene rings is 1. The molecule has 100 valence electrons. The number of hydrogen-bond acceptors (Lipinski definition) is 5. The van der Waals surface area contributed by atoms with Crippen LogP contribution in [0.5, 0.6) is 0 Å². The molecule has 1 saturated heterocycles. The number of para-hydroxylation sites is 1. The van der Waals surface area contributed by atoms with Crippen LogP contribution in [-0.2, 0) is 0 Å². The Morgan fingerprint density at radius 2 is 2.05 bits per heavy atom. The quantitative estimate of drug-likeness (QED) is 0.924. The van der Waals surface area contributed by atoms with Crippen molar-refractivity contribution in [2.45, 2.75) is 0 Å². The van der Waals surface area contributed by atoms with Crippen molar-refractivity contribution in [1.82, 2.24) is 14.9 Å². The Balaban J connectivity index is 1.56. The summed E-state index contributed by atoms with van der Waals surface area (Å²) in [6, 6.07) is 8.06. The fraction of sp³-hybridized carbons (Fsp3) is 0.429. The van der Waals surface area contributed by atoms with E-state index in [-0.39, 0.29) is 0 Å². The molecule has 0 aliphatic carbocycles. The van der Waals surface area contributed by atoms with Crippen LogP contribution < -0.4 is 5.32 Å². The van der Waals surface area contributed by atoms with Gasteiger partial charge in [0.1, 0.15) is 0 Å². The van der Waals surface area contributed by atoms with Gasteiger partial charge in [-0.25, -0.2) is 9.97 Å². The van der Waals surface area contributed by atoms with E-state index >= 15 is 0 Å². The number of thioether (sulfide) groups is 1. The molecule has 3 rings (SSSR count). The third kappa shape index (κ3) is 3.36. The van der Waals surface area contributed by atoms with Gasteiger partial charge in [0.2, 0.25) is 5.95 Å². The highest BCUT2D eigenvalue weighted by Crippen LogP contribution is 2.12. The second-order valence-electron chi connectivity index (χ2n) is 4.63. The smallest absolute Gasteiger partial charge is 0.223 e. The maximum absolute atomic E-state index is 4.51. The van der Waals surface area contributed by atoms with Crippen molar-refractivity contribution in [2.75, 3.05) is 43.0 Å². The summed E-state index contributed by atoms with van der Waals surface area (Å²) in [6.45, 7) is 4.37. The minimum Gasteiger partial charge on any atom is -0.353 e. The largest absolute Gasteiger partial charge is 0.353 e. The zero-order chi connectivity index (χ0) is 12.9. The molecule has 0 bridgehead atoms. The van der Waals surface area contributed by atoms with Gasteiger partial charge in [-0.3, -0.25) is 4.90 Å². The molecule has 2 heterocycles. The summed E-state index contributed by atoms with van der Waals surface area (Å²) in [7, 11) is 0. The fourth-order valence-corrected chi connectivity index (χ4v) is 3.19. The van der Waals surface area contributed by atoms with E-state index in [1.165, 1.54) is 24.6 Å². The number of fused-ring (bicyclic) bond motifs is 1. The fourth-order valence-electron chi connectivity index (χ4n) is 2.21. The first-order valence-corrected chi connectivity index (χ1v) is 7.83. The highest BCUT2D eigenvalue weighted by Gasteiger charge is 2.09. The Morgan fingerprint density at radius 1 is 1.21 bits per heavy atom. The predicted octanol–water partition coefficient (Wildman–Crippen LogP) is 2.09. The van der Waals surface area contributed by atoms with E-state index in [1.54, 1.807) is 0 Å². The summed E-state index contributed by atoms with van der Waals surface area (Å²) in [4.78, 5) is 11.3. The standard InChI is InChI=1S/C14H18N4S/c1-2-4-13-12(3-1)11-16-14(17-13)15-5-6-18-7-9-19-10-8-18/h1-4,11H,5-10H2,(H,15,16,17). The third-order valence-electron chi connectivity index (χ3n) is 3.30. The van der Waals surface area contributed by atoms with Crippen LogP contribution in [0.25, 0.3) is 10.9 Å². The van der Waals surface area contributed by atoms with Crippen molar-refractivity contribution in [3.05, 3.63) is 30.5 Å². The van der Waals surface area contributed by atoms with Crippen LogP contribution in [0.4, 0.5) is 5.95 Å². The van der Waals surface area contributed by atoms with E-state index in [9.17, 15) is 0 Å². The SMILES string of the molecule is c1ccc2nc(NCCN3CCSCC3)ncc2c1. The van der Waals surface area contributed by atoms with Crippen LogP contribution >= 0.6 is 11.8 Å². The molecule has 0 atom stereocenters. The van der Waals surface area contributed by atoms with Gasteiger partial charge in [0.05, 0.1) is 5.52 Å². The molecule has 0 saturated carbocycles. The van der Waals surface area contributed by atoms with E-state index < -0.39 is 0 Å². The Bertz CT molecular complexity index is 540. The van der Waals surface area contributed by atoms with Gasteiger partial charge in [0.15, 0.2) is 0 Å². The molecule has 5 heteroatoms. The van der Waals surface area contributed by atoms with E-state index in [0.29, 0.717) is 0 Å². The lowest BCUT2D eigenvalue weighted by molar-refractivity contribution is 0.314. The Morgan fingerprint density at radius 3 is 2.95 bits per heavy atom. The molecule has 1 fully saturated rings. The van der Waals surface area contributed by atoms with Crippen LogP contribution in [0.2, 0.25) is 0 Å². The lowest BCUT2D eigenvalue weighted by Gasteiger charge is -2.25. The molecule has 0 amide bonds. The minimum absolute atomic E-state index is 0.727. The maximum Gasteiger partial charge on any atom is 0.223 e. The Hall–Kier alpha value is -1.33. The summed E-state index contributed by atoms with van der Waals surface area (Å²) < 4.78 is 0. The first-order valence-electron chi connectivity index (χ1n) is 6.67. The van der Waals surface area contributed by atoms with Crippen LogP contribution in [-0.4, -0.2) is 52.6 Å². The molecule has 19 heavy (non-hydrogen) atoms. The van der Waals surface area contributed by atoms with Crippen molar-refractivity contribution in [2.24, 2.45) is 0 Å². The monoisotopic (exact) mass is 274 g/mol. The molecule has 4 nitrogen and oxygen atoms in total. The molecule has 1 N–H and O–H groups in total. The first-order chi connectivity index (χ1) is 9.42. The average molecular weight is 274 g/mol. The van der Waals surface area contributed by atoms with E-state index in [1.807, 2.05) is 42.2 Å². The van der Waals surface area contributed by atoms with E-state index in [4.69, 9.17) is 0 Å². The van der Waals surface area contributed by atoms with Crippen LogP contribution in [0, 0.1) is 0 Å². The molecule has 1 aromatic carbocycles. The van der Waals surface area contributed by atoms with Gasteiger partial charge in [-0.15, -0.1) is 0 Å². The normalized spacial score (nSPS) is 16.6. The molecular weight excluding hydrogens is 256 g/mol. The molecule has 1 aliphatic rings. The first kappa shape index (κ1) is 12.7. The van der Waals surface area contributed by atoms with E-state index in [2.05, 4.69) is 20.2 Å². The second-order valence-corrected chi connectivity index (χ2v) is 5.86. The zero-order valence-corrected chi connectivity index (χ0v) is 11.7. The lowest BCUT2D eigenvalue weighted by atomic mass is 10.2. The van der Waals surface area contributed by atoms with Crippen molar-refractivity contribution in [1.29, 1.82) is 0 Å². The van der Waals surface area contributed by atoms with Gasteiger partial charge in [0, 0.05) is 49.3 Å². The topological polar surface area (TPSA) is 41.1 Å². The Labute approximate surface area is 117 Å². The third-order valence-corrected chi connectivity index (χ3v) is 4.25. The van der Waals surface area contributed by atoms with Gasteiger partial charge in [0.25, 0.3) is 0 Å². The highest BCUT2D eigenvalue weighted by atomic mass is 32.2. The number of hydrogen-bond donors (Lipinski definition) is 1. The number of nitrogens with zero attached hydrogens (tertiary/aromatic N) is 3. The molecular formula is C14H18N4S. The van der Waals surface area contributed by atoms with Gasteiger partial charge in [-0.1, -0.05) is 18.2 Å². The van der Waals surface area contributed by atoms with Crippen molar-refractivity contribution < 1.29 is 0 Å². The number of aromatic nitrogens is 2. The van der Waals surface area contributed by atoms with Crippen molar-refractivity contribution >= 4 is 28.6 Å². The van der Waals surface area contributed by atoms with Crippen molar-refractivity contribution in [3.8, 4) is 0 Å². The van der Waals surface area contributed by atoms with Gasteiger partial charge in [-0.05, 0) is 6.07 Å². The minimum atomic E-state index is 0.727. The van der Waals surface area contributed by atoms with Gasteiger partial charge >= 0.3 is 0 Å². The van der Waals surface area contributed by atoms with Gasteiger partial charge < -0.3 is 5.32 Å². The summed E-state index contributed by atoms with van der Waals surface area (Å²) in [5.74, 6) is 3.24. The van der Waals surface area contributed by atoms with Crippen LogP contribution in [0.15, 0.2) is 30.5 Å². The summed E-state index contributed by atoms with van der Waals surface area (Å²) in [5, 5.41) is 4.40. The molecule has 0 unspecified atom stereocenters. The summed E-state index contributed by atoms with van der Waals surface area (Å²) >= 11 is 2.04. The number of rotatable bonds is 4. The van der Waals surface area contributed by atoms with Crippen LogP contribution in [0.3, 0.4) is 0 Å². The maximum atomic E-state index is 4.51. The predicted molar refractivity (Wildman–Crippen MR) is 81.8 cm³/mol. The van der Waals surface area contributed by atoms with Gasteiger partial charge in [-0.2, -0.15) is 11.8 Å². The summed E-state index contributed by atoms with van der Waals surface area (Å²) in [6.07, 6.45) is 1.88. The lowest BCUT2D eigenvalue weighted by Crippen LogP contribution is -2.36. The number of anilines is 1. The molecule has 1 aliphatic heterocycles. The number of nitrogens with one attached hydrogen (secondary N) is 1. The zero-order valence-electron chi connectivity index (χ0n) is 10.9. The second kappa shape index (κ2) is 6.21. The molecule has 2 aromatic rings. The van der Waals surface area contributed by atoms with Crippen LogP contribution in [0.1, 0.15) is 0 Å². The highest BCUT2D eigenvalue weighted by molar-refractivity contribution is 7.99. The van der Waals surface area contributed by atoms with Crippen molar-refractivity contribution in [3.63, 3.8) is 0 Å². The molecule has 0 radical (unpaired) electrons. The Kier molecular flexibility index (Phi) is 4.15. The molecule has 0 spiro atoms. The average Bonchev–Trinajstić information content (AvgIpc) is 2.48. The summed E-state index contributed by atoms with van der Waals surface area (Å²) in [5.41, 5.74) is 0.995.